The third-order valence-corrected chi connectivity index (χ3v) is 7.38. The van der Waals surface area contributed by atoms with E-state index in [1.807, 2.05) is 54.9 Å². The van der Waals surface area contributed by atoms with Gasteiger partial charge in [-0.1, -0.05) is 58.4 Å². The number of nitrogens with one attached hydrogen (secondary N) is 2. The van der Waals surface area contributed by atoms with E-state index in [0.717, 1.165) is 38.4 Å². The molecule has 0 atom stereocenters. The lowest BCUT2D eigenvalue weighted by Gasteiger charge is -2.11. The zero-order chi connectivity index (χ0) is 25.7. The molecular weight excluding hydrogens is 556 g/mol. The first-order chi connectivity index (χ1) is 17.3. The molecule has 9 heteroatoms. The summed E-state index contributed by atoms with van der Waals surface area (Å²) in [5.74, 6) is -0.368. The van der Waals surface area contributed by atoms with Crippen molar-refractivity contribution in [3.05, 3.63) is 98.1 Å². The van der Waals surface area contributed by atoms with Gasteiger partial charge in [0.1, 0.15) is 5.00 Å². The van der Waals surface area contributed by atoms with Crippen molar-refractivity contribution in [3.8, 4) is 0 Å². The van der Waals surface area contributed by atoms with Crippen LogP contribution in [0.5, 0.6) is 0 Å². The van der Waals surface area contributed by atoms with Gasteiger partial charge < -0.3 is 15.4 Å². The van der Waals surface area contributed by atoms with Gasteiger partial charge in [0.05, 0.1) is 35.8 Å². The molecule has 0 radical (unpaired) electrons. The van der Waals surface area contributed by atoms with Crippen molar-refractivity contribution in [2.45, 2.75) is 33.7 Å². The first-order valence-electron chi connectivity index (χ1n) is 11.5. The van der Waals surface area contributed by atoms with Crippen molar-refractivity contribution in [2.24, 2.45) is 0 Å². The van der Waals surface area contributed by atoms with Crippen molar-refractivity contribution in [3.63, 3.8) is 0 Å². The van der Waals surface area contributed by atoms with E-state index >= 15 is 0 Å². The molecule has 6 nitrogen and oxygen atoms in total. The summed E-state index contributed by atoms with van der Waals surface area (Å²) in [5.41, 5.74) is 5.47. The van der Waals surface area contributed by atoms with E-state index < -0.39 is 0 Å². The Morgan fingerprint density at radius 2 is 1.81 bits per heavy atom. The molecule has 4 rings (SSSR count). The quantitative estimate of drug-likeness (QED) is 0.173. The number of thiocarbonyl (C=S) groups is 1. The fourth-order valence-corrected chi connectivity index (χ4v) is 5.44. The van der Waals surface area contributed by atoms with E-state index in [0.29, 0.717) is 28.8 Å². The van der Waals surface area contributed by atoms with Crippen molar-refractivity contribution in [2.75, 3.05) is 17.2 Å². The summed E-state index contributed by atoms with van der Waals surface area (Å²) >= 11 is 10.6. The number of carbonyl (C=O) groups excluding carboxylic acids is 1. The summed E-state index contributed by atoms with van der Waals surface area (Å²) in [4.78, 5) is 13.7. The Bertz CT molecular complexity index is 1360. The van der Waals surface area contributed by atoms with Crippen molar-refractivity contribution in [1.82, 2.24) is 9.78 Å². The largest absolute Gasteiger partial charge is 0.462 e. The second-order valence-electron chi connectivity index (χ2n) is 8.25. The molecular formula is C27H27BrN4O2S2. The number of esters is 1. The lowest BCUT2D eigenvalue weighted by Crippen LogP contribution is -2.21. The van der Waals surface area contributed by atoms with Gasteiger partial charge in [-0.3, -0.25) is 4.68 Å². The number of benzene rings is 2. The number of aromatic nitrogens is 2. The molecule has 0 aliphatic carbocycles. The molecule has 186 valence electrons. The van der Waals surface area contributed by atoms with Crippen LogP contribution >= 0.6 is 39.5 Å². The fourth-order valence-electron chi connectivity index (χ4n) is 3.82. The predicted molar refractivity (Wildman–Crippen MR) is 154 cm³/mol. The molecule has 0 saturated heterocycles. The standard InChI is InChI=1S/C27H27BrN4O2S2/c1-4-34-26(33)23-15-22(14-19-8-6-5-7-9-19)36-25(23)30-27(35)29-24-17(2)31-32(18(24)3)16-20-10-12-21(28)13-11-20/h5-13,15H,4,14,16H2,1-3H3,(H2,29,30,35). The van der Waals surface area contributed by atoms with E-state index in [1.165, 1.54) is 16.9 Å². The highest BCUT2D eigenvalue weighted by Gasteiger charge is 2.20. The number of thiophene rings is 1. The summed E-state index contributed by atoms with van der Waals surface area (Å²) < 4.78 is 8.28. The minimum atomic E-state index is -0.368. The van der Waals surface area contributed by atoms with Gasteiger partial charge in [0, 0.05) is 15.8 Å². The molecule has 0 aliphatic heterocycles. The number of aryl methyl sites for hydroxylation is 1. The molecule has 2 aromatic heterocycles. The van der Waals surface area contributed by atoms with Crippen LogP contribution in [0.2, 0.25) is 0 Å². The molecule has 0 unspecified atom stereocenters. The maximum Gasteiger partial charge on any atom is 0.341 e. The summed E-state index contributed by atoms with van der Waals surface area (Å²) in [7, 11) is 0. The molecule has 0 spiro atoms. The first kappa shape index (κ1) is 26.1. The molecule has 2 aromatic carbocycles. The highest BCUT2D eigenvalue weighted by molar-refractivity contribution is 9.10. The first-order valence-corrected chi connectivity index (χ1v) is 13.6. The Kier molecular flexibility index (Phi) is 8.56. The van der Waals surface area contributed by atoms with Gasteiger partial charge in [0.25, 0.3) is 0 Å². The average Bonchev–Trinajstić information content (AvgIpc) is 3.36. The maximum atomic E-state index is 12.6. The number of ether oxygens (including phenoxy) is 1. The van der Waals surface area contributed by atoms with Crippen LogP contribution in [0, 0.1) is 13.8 Å². The van der Waals surface area contributed by atoms with Crippen LogP contribution in [0.4, 0.5) is 10.7 Å². The van der Waals surface area contributed by atoms with Crippen LogP contribution < -0.4 is 10.6 Å². The van der Waals surface area contributed by atoms with Gasteiger partial charge in [-0.15, -0.1) is 11.3 Å². The van der Waals surface area contributed by atoms with E-state index in [4.69, 9.17) is 22.1 Å². The van der Waals surface area contributed by atoms with E-state index in [2.05, 4.69) is 50.8 Å². The number of halogens is 1. The van der Waals surface area contributed by atoms with Gasteiger partial charge in [0.15, 0.2) is 5.11 Å². The summed E-state index contributed by atoms with van der Waals surface area (Å²) in [6.07, 6.45) is 0.723. The molecule has 0 fully saturated rings. The minimum absolute atomic E-state index is 0.306. The Hall–Kier alpha value is -3.01. The summed E-state index contributed by atoms with van der Waals surface area (Å²) in [6, 6.07) is 20.2. The number of carbonyl (C=O) groups is 1. The van der Waals surface area contributed by atoms with E-state index in [-0.39, 0.29) is 5.97 Å². The highest BCUT2D eigenvalue weighted by Crippen LogP contribution is 2.31. The second-order valence-corrected chi connectivity index (χ2v) is 10.7. The van der Waals surface area contributed by atoms with Gasteiger partial charge >= 0.3 is 5.97 Å². The Morgan fingerprint density at radius 1 is 1.08 bits per heavy atom. The van der Waals surface area contributed by atoms with Crippen LogP contribution in [0.25, 0.3) is 0 Å². The molecule has 4 aromatic rings. The molecule has 0 saturated carbocycles. The second kappa shape index (κ2) is 11.8. The van der Waals surface area contributed by atoms with Crippen molar-refractivity contribution < 1.29 is 9.53 Å². The van der Waals surface area contributed by atoms with Gasteiger partial charge in [-0.25, -0.2) is 4.79 Å². The molecule has 2 N–H and O–H groups in total. The number of hydrogen-bond donors (Lipinski definition) is 2. The number of anilines is 2. The van der Waals surface area contributed by atoms with E-state index in [1.54, 1.807) is 6.92 Å². The zero-order valence-corrected chi connectivity index (χ0v) is 23.5. The van der Waals surface area contributed by atoms with Crippen LogP contribution in [0.15, 0.2) is 65.1 Å². The monoisotopic (exact) mass is 582 g/mol. The van der Waals surface area contributed by atoms with Crippen LogP contribution in [0.3, 0.4) is 0 Å². The fraction of sp³-hybridized carbons (Fsp3) is 0.222. The van der Waals surface area contributed by atoms with Crippen LogP contribution in [-0.2, 0) is 17.7 Å². The number of rotatable bonds is 8. The average molecular weight is 584 g/mol. The Labute approximate surface area is 228 Å². The molecule has 0 bridgehead atoms. The number of nitrogens with zero attached hydrogens (tertiary/aromatic N) is 2. The van der Waals surface area contributed by atoms with Crippen LogP contribution in [0.1, 0.15) is 44.7 Å². The highest BCUT2D eigenvalue weighted by atomic mass is 79.9. The van der Waals surface area contributed by atoms with Crippen molar-refractivity contribution >= 4 is 61.3 Å². The predicted octanol–water partition coefficient (Wildman–Crippen LogP) is 6.95. The van der Waals surface area contributed by atoms with Crippen molar-refractivity contribution in [1.29, 1.82) is 0 Å². The molecule has 2 heterocycles. The number of hydrogen-bond acceptors (Lipinski definition) is 5. The van der Waals surface area contributed by atoms with Gasteiger partial charge in [-0.05, 0) is 62.3 Å². The third-order valence-electron chi connectivity index (χ3n) is 5.59. The Balaban J connectivity index is 1.51. The van der Waals surface area contributed by atoms with Gasteiger partial charge in [-0.2, -0.15) is 5.10 Å². The Morgan fingerprint density at radius 3 is 2.50 bits per heavy atom. The van der Waals surface area contributed by atoms with Crippen LogP contribution in [-0.4, -0.2) is 27.5 Å². The lowest BCUT2D eigenvalue weighted by molar-refractivity contribution is 0.0528. The smallest absolute Gasteiger partial charge is 0.341 e. The minimum Gasteiger partial charge on any atom is -0.462 e. The summed E-state index contributed by atoms with van der Waals surface area (Å²) in [6.45, 7) is 6.72. The normalized spacial score (nSPS) is 10.8. The molecule has 0 amide bonds. The topological polar surface area (TPSA) is 68.2 Å². The van der Waals surface area contributed by atoms with Gasteiger partial charge in [0.2, 0.25) is 0 Å². The zero-order valence-electron chi connectivity index (χ0n) is 20.3. The maximum absolute atomic E-state index is 12.6. The SMILES string of the molecule is CCOC(=O)c1cc(Cc2ccccc2)sc1NC(=S)Nc1c(C)nn(Cc2ccc(Br)cc2)c1C. The lowest BCUT2D eigenvalue weighted by atomic mass is 10.1. The molecule has 36 heavy (non-hydrogen) atoms. The summed E-state index contributed by atoms with van der Waals surface area (Å²) in [5, 5.41) is 12.2. The molecule has 0 aliphatic rings. The third kappa shape index (κ3) is 6.40. The van der Waals surface area contributed by atoms with E-state index in [9.17, 15) is 4.79 Å².